The maximum atomic E-state index is 4.83. The molecule has 0 amide bonds. The average Bonchev–Trinajstić information content (AvgIpc) is 3.22. The van der Waals surface area contributed by atoms with E-state index in [9.17, 15) is 0 Å². The fraction of sp³-hybridized carbons (Fsp3) is 0.308. The second kappa shape index (κ2) is 7.73. The number of benzene rings is 2. The van der Waals surface area contributed by atoms with Crippen LogP contribution in [0.4, 0.5) is 11.5 Å². The van der Waals surface area contributed by atoms with Crippen LogP contribution in [-0.2, 0) is 0 Å². The normalized spacial score (nSPS) is 14.5. The molecule has 5 rings (SSSR count). The van der Waals surface area contributed by atoms with Crippen LogP contribution < -0.4 is 9.80 Å². The van der Waals surface area contributed by atoms with Crippen molar-refractivity contribution in [1.82, 2.24) is 14.6 Å². The summed E-state index contributed by atoms with van der Waals surface area (Å²) in [5, 5.41) is 4.83. The van der Waals surface area contributed by atoms with E-state index in [2.05, 4.69) is 80.0 Å². The van der Waals surface area contributed by atoms with Gasteiger partial charge in [0.2, 0.25) is 0 Å². The number of hydrogen-bond donors (Lipinski definition) is 0. The van der Waals surface area contributed by atoms with Crippen molar-refractivity contribution in [3.63, 3.8) is 0 Å². The molecule has 0 saturated carbocycles. The summed E-state index contributed by atoms with van der Waals surface area (Å²) in [6, 6.07) is 15.3. The number of anilines is 2. The SMILES string of the molecule is Cc1ccc(-c2cc3c(N4CCN(c5cccc(C)c5C)CC4)nccn3n2)cc1C. The van der Waals surface area contributed by atoms with Gasteiger partial charge in [-0.05, 0) is 68.1 Å². The summed E-state index contributed by atoms with van der Waals surface area (Å²) in [6.45, 7) is 12.6. The van der Waals surface area contributed by atoms with Gasteiger partial charge in [-0.3, -0.25) is 0 Å². The van der Waals surface area contributed by atoms with Gasteiger partial charge in [-0.2, -0.15) is 5.10 Å². The Hall–Kier alpha value is -3.34. The molecule has 4 aromatic rings. The first-order chi connectivity index (χ1) is 15.0. The van der Waals surface area contributed by atoms with E-state index in [-0.39, 0.29) is 0 Å². The minimum Gasteiger partial charge on any atom is -0.368 e. The molecule has 2 aromatic carbocycles. The maximum Gasteiger partial charge on any atom is 0.154 e. The Balaban J connectivity index is 1.41. The molecule has 5 nitrogen and oxygen atoms in total. The summed E-state index contributed by atoms with van der Waals surface area (Å²) < 4.78 is 1.96. The fourth-order valence-corrected chi connectivity index (χ4v) is 4.43. The first kappa shape index (κ1) is 19.6. The van der Waals surface area contributed by atoms with Gasteiger partial charge in [0, 0.05) is 49.8 Å². The molecule has 31 heavy (non-hydrogen) atoms. The molecule has 2 aromatic heterocycles. The average molecular weight is 412 g/mol. The molecule has 1 saturated heterocycles. The number of nitrogens with zero attached hydrogens (tertiary/aromatic N) is 5. The third-order valence-electron chi connectivity index (χ3n) is 6.67. The second-order valence-electron chi connectivity index (χ2n) is 8.60. The molecule has 3 heterocycles. The Morgan fingerprint density at radius 2 is 1.55 bits per heavy atom. The van der Waals surface area contributed by atoms with Gasteiger partial charge in [0.15, 0.2) is 5.82 Å². The van der Waals surface area contributed by atoms with Gasteiger partial charge in [-0.15, -0.1) is 0 Å². The van der Waals surface area contributed by atoms with Gasteiger partial charge >= 0.3 is 0 Å². The molecule has 0 aliphatic carbocycles. The second-order valence-corrected chi connectivity index (χ2v) is 8.60. The number of fused-ring (bicyclic) bond motifs is 1. The highest BCUT2D eigenvalue weighted by Crippen LogP contribution is 2.29. The van der Waals surface area contributed by atoms with Crippen LogP contribution in [0.1, 0.15) is 22.3 Å². The van der Waals surface area contributed by atoms with Crippen molar-refractivity contribution in [2.45, 2.75) is 27.7 Å². The highest BCUT2D eigenvalue weighted by molar-refractivity contribution is 5.76. The van der Waals surface area contributed by atoms with Gasteiger partial charge in [-0.25, -0.2) is 9.50 Å². The molecule has 1 aliphatic rings. The molecular weight excluding hydrogens is 382 g/mol. The molecule has 0 radical (unpaired) electrons. The van der Waals surface area contributed by atoms with Crippen molar-refractivity contribution < 1.29 is 0 Å². The van der Waals surface area contributed by atoms with Gasteiger partial charge in [0.25, 0.3) is 0 Å². The van der Waals surface area contributed by atoms with E-state index in [4.69, 9.17) is 10.1 Å². The van der Waals surface area contributed by atoms with E-state index < -0.39 is 0 Å². The fourth-order valence-electron chi connectivity index (χ4n) is 4.43. The Morgan fingerprint density at radius 3 is 2.32 bits per heavy atom. The minimum absolute atomic E-state index is 0.949. The van der Waals surface area contributed by atoms with Crippen molar-refractivity contribution >= 4 is 17.0 Å². The number of rotatable bonds is 3. The van der Waals surface area contributed by atoms with Crippen LogP contribution >= 0.6 is 0 Å². The van der Waals surface area contributed by atoms with Crippen LogP contribution in [-0.4, -0.2) is 40.8 Å². The van der Waals surface area contributed by atoms with E-state index >= 15 is 0 Å². The Morgan fingerprint density at radius 1 is 0.774 bits per heavy atom. The number of hydrogen-bond acceptors (Lipinski definition) is 4. The third-order valence-corrected chi connectivity index (χ3v) is 6.67. The summed E-state index contributed by atoms with van der Waals surface area (Å²) in [7, 11) is 0. The zero-order chi connectivity index (χ0) is 21.5. The van der Waals surface area contributed by atoms with E-state index in [1.165, 1.54) is 27.9 Å². The minimum atomic E-state index is 0.949. The summed E-state index contributed by atoms with van der Waals surface area (Å²) in [4.78, 5) is 9.63. The molecule has 1 aliphatic heterocycles. The van der Waals surface area contributed by atoms with Crippen LogP contribution in [0.15, 0.2) is 54.9 Å². The quantitative estimate of drug-likeness (QED) is 0.478. The van der Waals surface area contributed by atoms with Crippen LogP contribution in [0.3, 0.4) is 0 Å². The van der Waals surface area contributed by atoms with Crippen molar-refractivity contribution in [2.75, 3.05) is 36.0 Å². The van der Waals surface area contributed by atoms with Gasteiger partial charge < -0.3 is 9.80 Å². The van der Waals surface area contributed by atoms with Gasteiger partial charge in [0.1, 0.15) is 5.52 Å². The van der Waals surface area contributed by atoms with Gasteiger partial charge in [0.05, 0.1) is 5.69 Å². The zero-order valence-electron chi connectivity index (χ0n) is 18.8. The van der Waals surface area contributed by atoms with Crippen LogP contribution in [0.5, 0.6) is 0 Å². The highest BCUT2D eigenvalue weighted by atomic mass is 15.3. The highest BCUT2D eigenvalue weighted by Gasteiger charge is 2.22. The zero-order valence-corrected chi connectivity index (χ0v) is 18.8. The molecule has 0 atom stereocenters. The van der Waals surface area contributed by atoms with E-state index in [1.807, 2.05) is 16.9 Å². The lowest BCUT2D eigenvalue weighted by molar-refractivity contribution is 0.646. The largest absolute Gasteiger partial charge is 0.368 e. The predicted molar refractivity (Wildman–Crippen MR) is 128 cm³/mol. The van der Waals surface area contributed by atoms with Crippen LogP contribution in [0, 0.1) is 27.7 Å². The first-order valence-corrected chi connectivity index (χ1v) is 11.0. The van der Waals surface area contributed by atoms with Crippen molar-refractivity contribution in [1.29, 1.82) is 0 Å². The lowest BCUT2D eigenvalue weighted by Gasteiger charge is -2.37. The Kier molecular flexibility index (Phi) is 4.89. The van der Waals surface area contributed by atoms with Crippen molar-refractivity contribution in [2.24, 2.45) is 0 Å². The maximum absolute atomic E-state index is 4.83. The number of piperazine rings is 1. The topological polar surface area (TPSA) is 36.7 Å². The summed E-state index contributed by atoms with van der Waals surface area (Å²) in [6.07, 6.45) is 3.80. The van der Waals surface area contributed by atoms with E-state index in [0.29, 0.717) is 0 Å². The summed E-state index contributed by atoms with van der Waals surface area (Å²) in [5.41, 5.74) is 9.88. The first-order valence-electron chi connectivity index (χ1n) is 11.0. The molecular formula is C26H29N5. The predicted octanol–water partition coefficient (Wildman–Crippen LogP) is 4.96. The van der Waals surface area contributed by atoms with E-state index in [0.717, 1.165) is 48.8 Å². The molecule has 1 fully saturated rings. The van der Waals surface area contributed by atoms with E-state index in [1.54, 1.807) is 0 Å². The summed E-state index contributed by atoms with van der Waals surface area (Å²) >= 11 is 0. The Bertz CT molecular complexity index is 1250. The molecule has 0 unspecified atom stereocenters. The molecule has 5 heteroatoms. The van der Waals surface area contributed by atoms with Crippen molar-refractivity contribution in [3.8, 4) is 11.3 Å². The molecule has 0 bridgehead atoms. The monoisotopic (exact) mass is 411 g/mol. The lowest BCUT2D eigenvalue weighted by atomic mass is 10.0. The van der Waals surface area contributed by atoms with Gasteiger partial charge in [-0.1, -0.05) is 24.3 Å². The number of aromatic nitrogens is 3. The molecule has 0 spiro atoms. The lowest BCUT2D eigenvalue weighted by Crippen LogP contribution is -2.47. The smallest absolute Gasteiger partial charge is 0.154 e. The molecule has 0 N–H and O–H groups in total. The third kappa shape index (κ3) is 3.54. The number of aryl methyl sites for hydroxylation is 3. The van der Waals surface area contributed by atoms with Crippen LogP contribution in [0.25, 0.3) is 16.8 Å². The van der Waals surface area contributed by atoms with Crippen molar-refractivity contribution in [3.05, 3.63) is 77.1 Å². The Labute approximate surface area is 184 Å². The molecule has 158 valence electrons. The standard InChI is InChI=1S/C26H29N5/c1-18-8-9-22(16-20(18)3)23-17-25-26(27-10-11-31(25)28-23)30-14-12-29(13-15-30)24-7-5-6-19(2)21(24)4/h5-11,16-17H,12-15H2,1-4H3. The van der Waals surface area contributed by atoms with Crippen LogP contribution in [0.2, 0.25) is 0 Å². The summed E-state index contributed by atoms with van der Waals surface area (Å²) in [5.74, 6) is 1.02.